The maximum Gasteiger partial charge on any atom is 0.303 e. The van der Waals surface area contributed by atoms with E-state index in [4.69, 9.17) is 4.74 Å². The molecule has 10 atom stereocenters. The number of aliphatic hydroxyl groups excluding tert-OH is 4. The zero-order valence-electron chi connectivity index (χ0n) is 26.0. The van der Waals surface area contributed by atoms with Gasteiger partial charge in [-0.2, -0.15) is 0 Å². The standard InChI is InChI=1S/C32H46O10/c1-15(33)42-28(4,5)25(39)22(37)26(40)32(9,41)23-19(35)13-29(6)20-11-10-16-17(12-18(34)24(38)27(16,2)3)31(20,8)21(36)14-30(23,29)7/h10,12,17,19-20,22-23,25,34-35,37,39,41H,11,13-14H2,1-9H3/t17-,19-,20+,22?,23+,25?,29+,30-,31+,32-/m1/s1. The molecule has 0 heterocycles. The smallest absolute Gasteiger partial charge is 0.303 e. The zero-order chi connectivity index (χ0) is 32.2. The van der Waals surface area contributed by atoms with E-state index in [1.807, 2.05) is 19.9 Å². The number of rotatable bonds is 6. The lowest BCUT2D eigenvalue weighted by molar-refractivity contribution is -0.194. The van der Waals surface area contributed by atoms with Gasteiger partial charge in [0.1, 0.15) is 29.2 Å². The Bertz CT molecular complexity index is 1290. The largest absolute Gasteiger partial charge is 0.505 e. The van der Waals surface area contributed by atoms with Gasteiger partial charge >= 0.3 is 5.97 Å². The van der Waals surface area contributed by atoms with Crippen LogP contribution in [0.2, 0.25) is 0 Å². The summed E-state index contributed by atoms with van der Waals surface area (Å²) in [6.45, 7) is 14.0. The number of carbonyl (C=O) groups excluding carboxylic acids is 4. The molecule has 0 aromatic heterocycles. The van der Waals surface area contributed by atoms with Crippen LogP contribution in [0.3, 0.4) is 0 Å². The SMILES string of the molecule is CC(=O)OC(C)(C)C(O)C(O)C(=O)[C@](C)(O)[C@H]1[C@H](O)C[C@@]2(C)[C@@H]3CC=C4[C@@H](C=C(O)C(=O)C4(C)C)[C@]3(C)C(=O)C[C@]12C. The van der Waals surface area contributed by atoms with Gasteiger partial charge in [0.2, 0.25) is 5.78 Å². The first kappa shape index (κ1) is 32.5. The van der Waals surface area contributed by atoms with Crippen molar-refractivity contribution in [3.63, 3.8) is 0 Å². The highest BCUT2D eigenvalue weighted by atomic mass is 16.6. The lowest BCUT2D eigenvalue weighted by atomic mass is 9.39. The van der Waals surface area contributed by atoms with Crippen LogP contribution in [-0.4, -0.2) is 78.4 Å². The van der Waals surface area contributed by atoms with E-state index in [-0.39, 0.29) is 30.3 Å². The van der Waals surface area contributed by atoms with Crippen molar-refractivity contribution in [3.8, 4) is 0 Å². The van der Waals surface area contributed by atoms with Gasteiger partial charge in [0.15, 0.2) is 11.5 Å². The Labute approximate surface area is 246 Å². The van der Waals surface area contributed by atoms with Crippen LogP contribution >= 0.6 is 0 Å². The molecule has 0 aromatic carbocycles. The molecule has 5 N–H and O–H groups in total. The van der Waals surface area contributed by atoms with Crippen molar-refractivity contribution in [3.05, 3.63) is 23.5 Å². The van der Waals surface area contributed by atoms with Crippen molar-refractivity contribution < 1.29 is 49.4 Å². The molecule has 42 heavy (non-hydrogen) atoms. The fraction of sp³-hybridized carbons (Fsp3) is 0.750. The van der Waals surface area contributed by atoms with Crippen LogP contribution in [0.15, 0.2) is 23.5 Å². The lowest BCUT2D eigenvalue weighted by Gasteiger charge is -2.63. The number of hydrogen-bond acceptors (Lipinski definition) is 10. The zero-order valence-corrected chi connectivity index (χ0v) is 26.0. The molecule has 0 spiro atoms. The molecule has 10 nitrogen and oxygen atoms in total. The monoisotopic (exact) mass is 590 g/mol. The van der Waals surface area contributed by atoms with Crippen LogP contribution in [0.5, 0.6) is 0 Å². The highest BCUT2D eigenvalue weighted by molar-refractivity contribution is 6.02. The Morgan fingerprint density at radius 2 is 1.62 bits per heavy atom. The second-order valence-electron chi connectivity index (χ2n) is 15.0. The summed E-state index contributed by atoms with van der Waals surface area (Å²) in [4.78, 5) is 52.3. The average molecular weight is 591 g/mol. The maximum atomic E-state index is 14.3. The average Bonchev–Trinajstić information content (AvgIpc) is 3.06. The first-order valence-corrected chi connectivity index (χ1v) is 14.6. The summed E-state index contributed by atoms with van der Waals surface area (Å²) in [6, 6.07) is 0. The molecule has 2 fully saturated rings. The van der Waals surface area contributed by atoms with Crippen LogP contribution in [0.25, 0.3) is 0 Å². The lowest BCUT2D eigenvalue weighted by Crippen LogP contribution is -2.65. The van der Waals surface area contributed by atoms with Gasteiger partial charge in [0.25, 0.3) is 0 Å². The molecule has 0 aliphatic heterocycles. The summed E-state index contributed by atoms with van der Waals surface area (Å²) < 4.78 is 5.08. The summed E-state index contributed by atoms with van der Waals surface area (Å²) in [7, 11) is 0. The molecular formula is C32H46O10. The van der Waals surface area contributed by atoms with Crippen LogP contribution in [-0.2, 0) is 23.9 Å². The molecule has 0 bridgehead atoms. The Morgan fingerprint density at radius 1 is 1.05 bits per heavy atom. The quantitative estimate of drug-likeness (QED) is 0.228. The minimum Gasteiger partial charge on any atom is -0.505 e. The molecule has 0 amide bonds. The molecule has 4 aliphatic rings. The molecule has 2 unspecified atom stereocenters. The van der Waals surface area contributed by atoms with Gasteiger partial charge in [-0.25, -0.2) is 0 Å². The van der Waals surface area contributed by atoms with Crippen molar-refractivity contribution in [2.24, 2.45) is 39.4 Å². The number of ether oxygens (including phenoxy) is 1. The molecule has 0 radical (unpaired) electrons. The normalized spacial score (nSPS) is 40.4. The third-order valence-corrected chi connectivity index (χ3v) is 11.8. The predicted octanol–water partition coefficient (Wildman–Crippen LogP) is 2.36. The molecular weight excluding hydrogens is 544 g/mol. The number of hydrogen-bond donors (Lipinski definition) is 5. The van der Waals surface area contributed by atoms with E-state index in [1.54, 1.807) is 20.8 Å². The number of ketones is 3. The molecule has 234 valence electrons. The Kier molecular flexibility index (Phi) is 7.39. The second kappa shape index (κ2) is 9.55. The van der Waals surface area contributed by atoms with Crippen LogP contribution in [0.4, 0.5) is 0 Å². The van der Waals surface area contributed by atoms with Crippen molar-refractivity contribution >= 4 is 23.3 Å². The summed E-state index contributed by atoms with van der Waals surface area (Å²) in [6.07, 6.45) is -1.38. The molecule has 4 aliphatic carbocycles. The molecule has 4 rings (SSSR count). The van der Waals surface area contributed by atoms with Gasteiger partial charge in [0.05, 0.1) is 11.5 Å². The first-order valence-electron chi connectivity index (χ1n) is 14.6. The summed E-state index contributed by atoms with van der Waals surface area (Å²) in [5.74, 6) is -4.95. The van der Waals surface area contributed by atoms with E-state index in [2.05, 4.69) is 0 Å². The third-order valence-electron chi connectivity index (χ3n) is 11.8. The van der Waals surface area contributed by atoms with Gasteiger partial charge in [-0.05, 0) is 70.3 Å². The van der Waals surface area contributed by atoms with E-state index < -0.39 is 80.5 Å². The number of fused-ring (bicyclic) bond motifs is 5. The highest BCUT2D eigenvalue weighted by Crippen LogP contribution is 2.73. The molecule has 0 saturated heterocycles. The first-order chi connectivity index (χ1) is 18.9. The van der Waals surface area contributed by atoms with E-state index in [0.717, 1.165) is 12.5 Å². The van der Waals surface area contributed by atoms with Gasteiger partial charge < -0.3 is 30.3 Å². The van der Waals surface area contributed by atoms with Crippen LogP contribution < -0.4 is 0 Å². The van der Waals surface area contributed by atoms with E-state index in [9.17, 15) is 44.7 Å². The van der Waals surface area contributed by atoms with Gasteiger partial charge in [-0.1, -0.05) is 32.4 Å². The van der Waals surface area contributed by atoms with Gasteiger partial charge in [0, 0.05) is 30.6 Å². The van der Waals surface area contributed by atoms with E-state index >= 15 is 0 Å². The number of aliphatic hydroxyl groups is 5. The summed E-state index contributed by atoms with van der Waals surface area (Å²) >= 11 is 0. The van der Waals surface area contributed by atoms with Crippen molar-refractivity contribution in [2.75, 3.05) is 0 Å². The van der Waals surface area contributed by atoms with Gasteiger partial charge in [-0.3, -0.25) is 19.2 Å². The Balaban J connectivity index is 1.76. The predicted molar refractivity (Wildman–Crippen MR) is 151 cm³/mol. The number of Topliss-reactive ketones (excluding diaryl/α,β-unsaturated/α-hetero) is 3. The van der Waals surface area contributed by atoms with Crippen molar-refractivity contribution in [2.45, 2.75) is 111 Å². The molecule has 2 saturated carbocycles. The topological polar surface area (TPSA) is 179 Å². The Hall–Kier alpha value is -2.40. The second-order valence-corrected chi connectivity index (χ2v) is 15.0. The van der Waals surface area contributed by atoms with Crippen LogP contribution in [0, 0.1) is 39.4 Å². The Morgan fingerprint density at radius 3 is 2.17 bits per heavy atom. The summed E-state index contributed by atoms with van der Waals surface area (Å²) in [5.41, 5.74) is -7.19. The minimum absolute atomic E-state index is 0.105. The summed E-state index contributed by atoms with van der Waals surface area (Å²) in [5, 5.41) is 55.6. The number of allylic oxidation sites excluding steroid dienone is 4. The fourth-order valence-corrected chi connectivity index (χ4v) is 9.38. The van der Waals surface area contributed by atoms with Crippen molar-refractivity contribution in [1.29, 1.82) is 0 Å². The van der Waals surface area contributed by atoms with E-state index in [0.29, 0.717) is 6.42 Å². The number of carbonyl (C=O) groups is 4. The maximum absolute atomic E-state index is 14.3. The molecule has 0 aromatic rings. The van der Waals surface area contributed by atoms with Gasteiger partial charge in [-0.15, -0.1) is 0 Å². The van der Waals surface area contributed by atoms with Crippen molar-refractivity contribution in [1.82, 2.24) is 0 Å². The molecule has 10 heteroatoms. The number of esters is 1. The highest BCUT2D eigenvalue weighted by Gasteiger charge is 2.74. The van der Waals surface area contributed by atoms with E-state index in [1.165, 1.54) is 26.8 Å². The third kappa shape index (κ3) is 4.12. The van der Waals surface area contributed by atoms with Crippen LogP contribution in [0.1, 0.15) is 81.6 Å². The fourth-order valence-electron chi connectivity index (χ4n) is 9.38. The minimum atomic E-state index is -2.38.